The molecule has 2 rings (SSSR count). The Hall–Kier alpha value is -1.09. The Bertz CT molecular complexity index is 367. The first-order valence-electron chi connectivity index (χ1n) is 6.48. The van der Waals surface area contributed by atoms with E-state index < -0.39 is 0 Å². The lowest BCUT2D eigenvalue weighted by Crippen LogP contribution is -2.42. The van der Waals surface area contributed by atoms with E-state index in [1.54, 1.807) is 12.1 Å². The smallest absolute Gasteiger partial charge is 0.125 e. The zero-order valence-corrected chi connectivity index (χ0v) is 10.4. The van der Waals surface area contributed by atoms with Gasteiger partial charge in [0.2, 0.25) is 0 Å². The van der Waals surface area contributed by atoms with Crippen molar-refractivity contribution in [3.8, 4) is 0 Å². The number of halogens is 1. The van der Waals surface area contributed by atoms with Crippen LogP contribution in [0, 0.1) is 5.82 Å². The maximum absolute atomic E-state index is 13.3. The summed E-state index contributed by atoms with van der Waals surface area (Å²) in [4.78, 5) is 2.28. The number of nitrogens with two attached hydrogens (primary N) is 1. The average Bonchev–Trinajstić information content (AvgIpc) is 2.30. The molecule has 0 saturated heterocycles. The second-order valence-electron chi connectivity index (χ2n) is 4.85. The highest BCUT2D eigenvalue weighted by atomic mass is 19.1. The summed E-state index contributed by atoms with van der Waals surface area (Å²) in [6, 6.07) is 7.62. The van der Waals surface area contributed by atoms with Gasteiger partial charge in [-0.25, -0.2) is 4.39 Å². The highest BCUT2D eigenvalue weighted by Crippen LogP contribution is 2.27. The molecule has 0 aliphatic heterocycles. The van der Waals surface area contributed by atoms with Crippen molar-refractivity contribution in [2.24, 2.45) is 5.73 Å². The quantitative estimate of drug-likeness (QED) is 0.874. The van der Waals surface area contributed by atoms with E-state index in [-0.39, 0.29) is 5.82 Å². The van der Waals surface area contributed by atoms with Crippen LogP contribution < -0.4 is 10.6 Å². The standard InChI is InChI=1S/C14H21FN2/c1-2-17(13-7-3-5-11(15)9-13)14-8-4-6-12(16)10-14/h3,5,7,9,12,14H,2,4,6,8,10,16H2,1H3. The number of nitrogens with zero attached hydrogens (tertiary/aromatic N) is 1. The molecule has 2 atom stereocenters. The summed E-state index contributed by atoms with van der Waals surface area (Å²) in [5.41, 5.74) is 7.00. The van der Waals surface area contributed by atoms with Crippen molar-refractivity contribution in [2.75, 3.05) is 11.4 Å². The minimum atomic E-state index is -0.166. The minimum absolute atomic E-state index is 0.166. The Kier molecular flexibility index (Phi) is 4.00. The second-order valence-corrected chi connectivity index (χ2v) is 4.85. The predicted octanol–water partition coefficient (Wildman–Crippen LogP) is 2.92. The lowest BCUT2D eigenvalue weighted by Gasteiger charge is -2.37. The van der Waals surface area contributed by atoms with Gasteiger partial charge < -0.3 is 10.6 Å². The van der Waals surface area contributed by atoms with Crippen molar-refractivity contribution >= 4 is 5.69 Å². The van der Waals surface area contributed by atoms with Gasteiger partial charge in [-0.05, 0) is 50.8 Å². The highest BCUT2D eigenvalue weighted by molar-refractivity contribution is 5.47. The van der Waals surface area contributed by atoms with Crippen LogP contribution in [0.5, 0.6) is 0 Å². The Morgan fingerprint density at radius 3 is 2.88 bits per heavy atom. The Morgan fingerprint density at radius 2 is 2.24 bits per heavy atom. The molecule has 1 aliphatic carbocycles. The van der Waals surface area contributed by atoms with Crippen LogP contribution >= 0.6 is 0 Å². The molecular weight excluding hydrogens is 215 g/mol. The Balaban J connectivity index is 2.15. The topological polar surface area (TPSA) is 29.3 Å². The fourth-order valence-corrected chi connectivity index (χ4v) is 2.79. The first kappa shape index (κ1) is 12.4. The van der Waals surface area contributed by atoms with Crippen molar-refractivity contribution in [2.45, 2.75) is 44.7 Å². The van der Waals surface area contributed by atoms with Crippen LogP contribution in [-0.2, 0) is 0 Å². The Labute approximate surface area is 103 Å². The molecule has 2 nitrogen and oxygen atoms in total. The minimum Gasteiger partial charge on any atom is -0.369 e. The van der Waals surface area contributed by atoms with Gasteiger partial charge in [-0.3, -0.25) is 0 Å². The molecule has 0 spiro atoms. The normalized spacial score (nSPS) is 24.6. The maximum atomic E-state index is 13.3. The van der Waals surface area contributed by atoms with Crippen LogP contribution in [0.15, 0.2) is 24.3 Å². The first-order valence-corrected chi connectivity index (χ1v) is 6.48. The molecule has 0 bridgehead atoms. The molecule has 1 aromatic rings. The average molecular weight is 236 g/mol. The van der Waals surface area contributed by atoms with E-state index in [1.165, 1.54) is 12.5 Å². The van der Waals surface area contributed by atoms with Gasteiger partial charge in [0.05, 0.1) is 0 Å². The van der Waals surface area contributed by atoms with Gasteiger partial charge >= 0.3 is 0 Å². The molecule has 1 saturated carbocycles. The summed E-state index contributed by atoms with van der Waals surface area (Å²) in [5, 5.41) is 0. The molecule has 0 amide bonds. The molecule has 3 heteroatoms. The predicted molar refractivity (Wildman–Crippen MR) is 69.7 cm³/mol. The zero-order chi connectivity index (χ0) is 12.3. The summed E-state index contributed by atoms with van der Waals surface area (Å²) in [6.45, 7) is 3.02. The van der Waals surface area contributed by atoms with Crippen molar-refractivity contribution in [3.05, 3.63) is 30.1 Å². The van der Waals surface area contributed by atoms with E-state index in [0.717, 1.165) is 31.5 Å². The number of rotatable bonds is 3. The highest BCUT2D eigenvalue weighted by Gasteiger charge is 2.24. The van der Waals surface area contributed by atoms with Crippen molar-refractivity contribution in [1.82, 2.24) is 0 Å². The molecule has 2 N–H and O–H groups in total. The third kappa shape index (κ3) is 2.97. The van der Waals surface area contributed by atoms with Crippen molar-refractivity contribution in [3.63, 3.8) is 0 Å². The fraction of sp³-hybridized carbons (Fsp3) is 0.571. The van der Waals surface area contributed by atoms with Gasteiger partial charge in [-0.15, -0.1) is 0 Å². The molecule has 1 aliphatic rings. The summed E-state index contributed by atoms with van der Waals surface area (Å²) < 4.78 is 13.3. The van der Waals surface area contributed by atoms with Crippen LogP contribution in [0.4, 0.5) is 10.1 Å². The lowest BCUT2D eigenvalue weighted by atomic mass is 9.90. The number of hydrogen-bond acceptors (Lipinski definition) is 2. The van der Waals surface area contributed by atoms with Crippen LogP contribution in [0.2, 0.25) is 0 Å². The molecule has 0 radical (unpaired) electrons. The van der Waals surface area contributed by atoms with E-state index >= 15 is 0 Å². The maximum Gasteiger partial charge on any atom is 0.125 e. The monoisotopic (exact) mass is 236 g/mol. The van der Waals surface area contributed by atoms with Gasteiger partial charge in [0.1, 0.15) is 5.82 Å². The largest absolute Gasteiger partial charge is 0.369 e. The van der Waals surface area contributed by atoms with Crippen molar-refractivity contribution in [1.29, 1.82) is 0 Å². The molecule has 94 valence electrons. The third-order valence-electron chi connectivity index (χ3n) is 3.61. The van der Waals surface area contributed by atoms with Crippen LogP contribution in [-0.4, -0.2) is 18.6 Å². The third-order valence-corrected chi connectivity index (χ3v) is 3.61. The Morgan fingerprint density at radius 1 is 1.41 bits per heavy atom. The summed E-state index contributed by atoms with van der Waals surface area (Å²) in [7, 11) is 0. The van der Waals surface area contributed by atoms with E-state index in [0.29, 0.717) is 12.1 Å². The number of anilines is 1. The van der Waals surface area contributed by atoms with Crippen LogP contribution in [0.3, 0.4) is 0 Å². The first-order chi connectivity index (χ1) is 8.20. The van der Waals surface area contributed by atoms with E-state index in [9.17, 15) is 4.39 Å². The van der Waals surface area contributed by atoms with E-state index in [4.69, 9.17) is 5.73 Å². The lowest BCUT2D eigenvalue weighted by molar-refractivity contribution is 0.375. The van der Waals surface area contributed by atoms with Crippen LogP contribution in [0.1, 0.15) is 32.6 Å². The van der Waals surface area contributed by atoms with Gasteiger partial charge in [0.15, 0.2) is 0 Å². The summed E-state index contributed by atoms with van der Waals surface area (Å²) in [5.74, 6) is -0.166. The summed E-state index contributed by atoms with van der Waals surface area (Å²) >= 11 is 0. The molecule has 0 aromatic heterocycles. The summed E-state index contributed by atoms with van der Waals surface area (Å²) in [6.07, 6.45) is 4.48. The molecule has 0 heterocycles. The number of benzene rings is 1. The van der Waals surface area contributed by atoms with E-state index in [1.807, 2.05) is 6.07 Å². The van der Waals surface area contributed by atoms with Gasteiger partial charge in [-0.1, -0.05) is 6.07 Å². The van der Waals surface area contributed by atoms with Crippen molar-refractivity contribution < 1.29 is 4.39 Å². The van der Waals surface area contributed by atoms with Gasteiger partial charge in [-0.2, -0.15) is 0 Å². The molecule has 1 aromatic carbocycles. The molecule has 17 heavy (non-hydrogen) atoms. The van der Waals surface area contributed by atoms with Crippen LogP contribution in [0.25, 0.3) is 0 Å². The van der Waals surface area contributed by atoms with Gasteiger partial charge in [0.25, 0.3) is 0 Å². The SMILES string of the molecule is CCN(c1cccc(F)c1)C1CCCC(N)C1. The molecule has 2 unspecified atom stereocenters. The second kappa shape index (κ2) is 5.50. The van der Waals surface area contributed by atoms with E-state index in [2.05, 4.69) is 11.8 Å². The zero-order valence-electron chi connectivity index (χ0n) is 10.4. The fourth-order valence-electron chi connectivity index (χ4n) is 2.79. The molecular formula is C14H21FN2. The number of hydrogen-bond donors (Lipinski definition) is 1. The van der Waals surface area contributed by atoms with Gasteiger partial charge in [0, 0.05) is 24.3 Å². The molecule has 1 fully saturated rings.